The highest BCUT2D eigenvalue weighted by Crippen LogP contribution is 2.22. The van der Waals surface area contributed by atoms with Gasteiger partial charge in [-0.15, -0.1) is 0 Å². The van der Waals surface area contributed by atoms with Crippen LogP contribution in [0.4, 0.5) is 0 Å². The quantitative estimate of drug-likeness (QED) is 0.851. The second-order valence-corrected chi connectivity index (χ2v) is 7.61. The van der Waals surface area contributed by atoms with Gasteiger partial charge in [0.05, 0.1) is 17.6 Å². The van der Waals surface area contributed by atoms with Gasteiger partial charge in [0.1, 0.15) is 0 Å². The minimum Gasteiger partial charge on any atom is -0.264 e. The summed E-state index contributed by atoms with van der Waals surface area (Å²) in [6.45, 7) is 1.18. The zero-order valence-electron chi connectivity index (χ0n) is 12.4. The molecule has 1 unspecified atom stereocenters. The van der Waals surface area contributed by atoms with E-state index in [1.165, 1.54) is 10.6 Å². The standard InChI is InChI=1S/C15H18N4O2S/c1-22(20,21)19-8-6-12(11-19)9-14-4-5-15(18-17-14)13-3-2-7-16-10-13/h2-5,7,10,12H,6,8-9,11H2,1H3. The Labute approximate surface area is 130 Å². The van der Waals surface area contributed by atoms with Crippen molar-refractivity contribution in [2.75, 3.05) is 19.3 Å². The van der Waals surface area contributed by atoms with E-state index in [1.54, 1.807) is 12.4 Å². The average molecular weight is 318 g/mol. The van der Waals surface area contributed by atoms with Crippen molar-refractivity contribution in [3.05, 3.63) is 42.4 Å². The highest BCUT2D eigenvalue weighted by Gasteiger charge is 2.28. The second-order valence-electron chi connectivity index (χ2n) is 5.63. The molecule has 116 valence electrons. The van der Waals surface area contributed by atoms with Gasteiger partial charge in [-0.05, 0) is 43.0 Å². The van der Waals surface area contributed by atoms with Crippen LogP contribution in [0.15, 0.2) is 36.7 Å². The van der Waals surface area contributed by atoms with Crippen molar-refractivity contribution in [3.63, 3.8) is 0 Å². The van der Waals surface area contributed by atoms with E-state index >= 15 is 0 Å². The molecule has 0 N–H and O–H groups in total. The van der Waals surface area contributed by atoms with Gasteiger partial charge < -0.3 is 0 Å². The molecule has 1 aliphatic rings. The van der Waals surface area contributed by atoms with E-state index in [2.05, 4.69) is 15.2 Å². The highest BCUT2D eigenvalue weighted by atomic mass is 32.2. The van der Waals surface area contributed by atoms with Crippen molar-refractivity contribution in [1.82, 2.24) is 19.5 Å². The molecule has 1 aliphatic heterocycles. The van der Waals surface area contributed by atoms with E-state index in [1.807, 2.05) is 24.3 Å². The van der Waals surface area contributed by atoms with Crippen LogP contribution < -0.4 is 0 Å². The maximum absolute atomic E-state index is 11.5. The van der Waals surface area contributed by atoms with Crippen LogP contribution in [0.25, 0.3) is 11.3 Å². The number of pyridine rings is 1. The Balaban J connectivity index is 1.65. The van der Waals surface area contributed by atoms with Crippen molar-refractivity contribution < 1.29 is 8.42 Å². The summed E-state index contributed by atoms with van der Waals surface area (Å²) in [7, 11) is -3.08. The second kappa shape index (κ2) is 6.10. The number of nitrogens with zero attached hydrogens (tertiary/aromatic N) is 4. The predicted molar refractivity (Wildman–Crippen MR) is 83.5 cm³/mol. The van der Waals surface area contributed by atoms with Gasteiger partial charge in [0.2, 0.25) is 10.0 Å². The van der Waals surface area contributed by atoms with Crippen LogP contribution in [0, 0.1) is 5.92 Å². The topological polar surface area (TPSA) is 76.1 Å². The number of rotatable bonds is 4. The summed E-state index contributed by atoms with van der Waals surface area (Å²) in [6.07, 6.45) is 6.37. The Hall–Kier alpha value is -1.86. The van der Waals surface area contributed by atoms with Crippen LogP contribution in [-0.2, 0) is 16.4 Å². The molecule has 1 saturated heterocycles. The molecule has 0 aliphatic carbocycles. The monoisotopic (exact) mass is 318 g/mol. The lowest BCUT2D eigenvalue weighted by molar-refractivity contribution is 0.458. The van der Waals surface area contributed by atoms with Crippen LogP contribution in [0.2, 0.25) is 0 Å². The van der Waals surface area contributed by atoms with Gasteiger partial charge in [-0.3, -0.25) is 4.98 Å². The normalized spacial score (nSPS) is 19.4. The van der Waals surface area contributed by atoms with Crippen molar-refractivity contribution in [2.24, 2.45) is 5.92 Å². The fourth-order valence-electron chi connectivity index (χ4n) is 2.70. The van der Waals surface area contributed by atoms with Crippen molar-refractivity contribution in [2.45, 2.75) is 12.8 Å². The molecular formula is C15H18N4O2S. The summed E-state index contributed by atoms with van der Waals surface area (Å²) in [5.41, 5.74) is 2.62. The first kappa shape index (κ1) is 15.1. The summed E-state index contributed by atoms with van der Waals surface area (Å²) in [6, 6.07) is 7.70. The predicted octanol–water partition coefficient (Wildman–Crippen LogP) is 1.36. The molecule has 0 radical (unpaired) electrons. The minimum absolute atomic E-state index is 0.313. The first-order valence-electron chi connectivity index (χ1n) is 7.20. The van der Waals surface area contributed by atoms with Crippen LogP contribution in [-0.4, -0.2) is 47.2 Å². The molecule has 2 aromatic rings. The van der Waals surface area contributed by atoms with Crippen LogP contribution >= 0.6 is 0 Å². The van der Waals surface area contributed by atoms with Crippen molar-refractivity contribution in [3.8, 4) is 11.3 Å². The summed E-state index contributed by atoms with van der Waals surface area (Å²) >= 11 is 0. The Morgan fingerprint density at radius 2 is 2.14 bits per heavy atom. The molecule has 7 heteroatoms. The maximum Gasteiger partial charge on any atom is 0.211 e. The molecule has 0 aromatic carbocycles. The molecule has 0 bridgehead atoms. The molecule has 6 nitrogen and oxygen atoms in total. The zero-order chi connectivity index (χ0) is 15.6. The third kappa shape index (κ3) is 3.48. The summed E-state index contributed by atoms with van der Waals surface area (Å²) in [5.74, 6) is 0.313. The van der Waals surface area contributed by atoms with Gasteiger partial charge in [-0.1, -0.05) is 0 Å². The molecule has 3 rings (SSSR count). The van der Waals surface area contributed by atoms with Crippen LogP contribution in [0.5, 0.6) is 0 Å². The molecular weight excluding hydrogens is 300 g/mol. The van der Waals surface area contributed by atoms with Crippen molar-refractivity contribution >= 4 is 10.0 Å². The number of aromatic nitrogens is 3. The van der Waals surface area contributed by atoms with Gasteiger partial charge >= 0.3 is 0 Å². The van der Waals surface area contributed by atoms with E-state index in [-0.39, 0.29) is 0 Å². The molecule has 0 amide bonds. The Morgan fingerprint density at radius 1 is 1.27 bits per heavy atom. The first-order valence-corrected chi connectivity index (χ1v) is 9.05. The molecule has 0 spiro atoms. The Kier molecular flexibility index (Phi) is 4.17. The first-order chi connectivity index (χ1) is 10.5. The van der Waals surface area contributed by atoms with E-state index < -0.39 is 10.0 Å². The van der Waals surface area contributed by atoms with Gasteiger partial charge in [-0.2, -0.15) is 10.2 Å². The average Bonchev–Trinajstić information content (AvgIpc) is 2.98. The summed E-state index contributed by atoms with van der Waals surface area (Å²) < 4.78 is 24.6. The zero-order valence-corrected chi connectivity index (χ0v) is 13.2. The van der Waals surface area contributed by atoms with Crippen LogP contribution in [0.1, 0.15) is 12.1 Å². The number of hydrogen-bond donors (Lipinski definition) is 0. The largest absolute Gasteiger partial charge is 0.264 e. The Morgan fingerprint density at radius 3 is 2.73 bits per heavy atom. The van der Waals surface area contributed by atoms with E-state index in [4.69, 9.17) is 0 Å². The SMILES string of the molecule is CS(=O)(=O)N1CCC(Cc2ccc(-c3cccnc3)nn2)C1. The van der Waals surface area contributed by atoms with E-state index in [0.29, 0.717) is 19.0 Å². The number of sulfonamides is 1. The lowest BCUT2D eigenvalue weighted by atomic mass is 10.0. The van der Waals surface area contributed by atoms with Gasteiger partial charge in [0, 0.05) is 31.0 Å². The molecule has 3 heterocycles. The molecule has 2 aromatic heterocycles. The highest BCUT2D eigenvalue weighted by molar-refractivity contribution is 7.88. The molecule has 0 saturated carbocycles. The molecule has 1 fully saturated rings. The van der Waals surface area contributed by atoms with E-state index in [0.717, 1.165) is 29.8 Å². The minimum atomic E-state index is -3.08. The summed E-state index contributed by atoms with van der Waals surface area (Å²) in [5, 5.41) is 8.50. The third-order valence-electron chi connectivity index (χ3n) is 3.89. The van der Waals surface area contributed by atoms with Gasteiger partial charge in [-0.25, -0.2) is 12.7 Å². The molecule has 22 heavy (non-hydrogen) atoms. The smallest absolute Gasteiger partial charge is 0.211 e. The fraction of sp³-hybridized carbons (Fsp3) is 0.400. The van der Waals surface area contributed by atoms with Gasteiger partial charge in [0.15, 0.2) is 0 Å². The number of hydrogen-bond acceptors (Lipinski definition) is 5. The van der Waals surface area contributed by atoms with Crippen molar-refractivity contribution in [1.29, 1.82) is 0 Å². The summed E-state index contributed by atoms with van der Waals surface area (Å²) in [4.78, 5) is 4.07. The third-order valence-corrected chi connectivity index (χ3v) is 5.16. The fourth-order valence-corrected chi connectivity index (χ4v) is 3.62. The Bertz CT molecular complexity index is 732. The lowest BCUT2D eigenvalue weighted by Crippen LogP contribution is -2.27. The maximum atomic E-state index is 11.5. The van der Waals surface area contributed by atoms with E-state index in [9.17, 15) is 8.42 Å². The molecule has 1 atom stereocenters. The van der Waals surface area contributed by atoms with Gasteiger partial charge in [0.25, 0.3) is 0 Å². The lowest BCUT2D eigenvalue weighted by Gasteiger charge is -2.13. The van der Waals surface area contributed by atoms with Crippen LogP contribution in [0.3, 0.4) is 0 Å².